The number of hydrogen-bond donors (Lipinski definition) is 0. The van der Waals surface area contributed by atoms with Gasteiger partial charge in [0.2, 0.25) is 0 Å². The van der Waals surface area contributed by atoms with Crippen molar-refractivity contribution in [3.05, 3.63) is 44.7 Å². The molecule has 7 nitrogen and oxygen atoms in total. The molecule has 0 aliphatic heterocycles. The Hall–Kier alpha value is -2.44. The van der Waals surface area contributed by atoms with Gasteiger partial charge in [0.1, 0.15) is 5.56 Å². The van der Waals surface area contributed by atoms with Gasteiger partial charge in [-0.1, -0.05) is 5.16 Å². The van der Waals surface area contributed by atoms with Gasteiger partial charge in [0.05, 0.1) is 11.4 Å². The van der Waals surface area contributed by atoms with Crippen LogP contribution in [-0.4, -0.2) is 20.9 Å². The van der Waals surface area contributed by atoms with Gasteiger partial charge in [-0.3, -0.25) is 4.79 Å². The van der Waals surface area contributed by atoms with Crippen molar-refractivity contribution in [2.45, 2.75) is 27.4 Å². The van der Waals surface area contributed by atoms with Gasteiger partial charge in [0.15, 0.2) is 12.4 Å². The minimum atomic E-state index is -0.692. The van der Waals surface area contributed by atoms with E-state index in [1.165, 1.54) is 7.05 Å². The van der Waals surface area contributed by atoms with E-state index in [0.717, 1.165) is 4.68 Å². The maximum Gasteiger partial charge on any atom is 0.344 e. The molecule has 0 atom stereocenters. The summed E-state index contributed by atoms with van der Waals surface area (Å²) in [5.74, 6) is -0.265. The normalized spacial score (nSPS) is 10.6. The van der Waals surface area contributed by atoms with Gasteiger partial charge in [-0.05, 0) is 26.3 Å². The second-order valence-corrected chi connectivity index (χ2v) is 4.52. The number of ether oxygens (including phenoxy) is 1. The molecule has 7 heteroatoms. The highest BCUT2D eigenvalue weighted by atomic mass is 16.5. The Bertz CT molecular complexity index is 715. The summed E-state index contributed by atoms with van der Waals surface area (Å²) in [6, 6.07) is 1.66. The summed E-state index contributed by atoms with van der Waals surface area (Å²) in [6.45, 7) is 5.09. The molecule has 2 aromatic rings. The smallest absolute Gasteiger partial charge is 0.344 e. The van der Waals surface area contributed by atoms with E-state index < -0.39 is 11.5 Å². The van der Waals surface area contributed by atoms with E-state index in [2.05, 4.69) is 10.3 Å². The zero-order valence-corrected chi connectivity index (χ0v) is 11.8. The summed E-state index contributed by atoms with van der Waals surface area (Å²) in [4.78, 5) is 24.0. The Morgan fingerprint density at radius 3 is 2.70 bits per heavy atom. The van der Waals surface area contributed by atoms with E-state index in [-0.39, 0.29) is 12.2 Å². The third kappa shape index (κ3) is 2.61. The third-order valence-electron chi connectivity index (χ3n) is 2.95. The van der Waals surface area contributed by atoms with Crippen LogP contribution in [-0.2, 0) is 18.4 Å². The zero-order valence-electron chi connectivity index (χ0n) is 11.8. The Morgan fingerprint density at radius 2 is 2.10 bits per heavy atom. The fraction of sp³-hybridized carbons (Fsp3) is 0.385. The summed E-state index contributed by atoms with van der Waals surface area (Å²) < 4.78 is 11.1. The van der Waals surface area contributed by atoms with Crippen molar-refractivity contribution in [3.8, 4) is 0 Å². The lowest BCUT2D eigenvalue weighted by Crippen LogP contribution is -2.29. The molecular weight excluding hydrogens is 262 g/mol. The van der Waals surface area contributed by atoms with Crippen LogP contribution in [0.5, 0.6) is 0 Å². The van der Waals surface area contributed by atoms with Crippen LogP contribution in [0.15, 0.2) is 15.4 Å². The number of nitrogens with zero attached hydrogens (tertiary/aromatic N) is 3. The minimum Gasteiger partial charge on any atom is -0.454 e. The van der Waals surface area contributed by atoms with Crippen molar-refractivity contribution >= 4 is 5.97 Å². The lowest BCUT2D eigenvalue weighted by molar-refractivity contribution is 0.0433. The second kappa shape index (κ2) is 5.28. The van der Waals surface area contributed by atoms with Gasteiger partial charge >= 0.3 is 5.97 Å². The maximum atomic E-state index is 12.0. The highest BCUT2D eigenvalue weighted by Gasteiger charge is 2.19. The van der Waals surface area contributed by atoms with Crippen LogP contribution >= 0.6 is 0 Å². The SMILES string of the molecule is Cc1cc(COC(=O)c2c(C)c(C)nn(C)c2=O)on1. The quantitative estimate of drug-likeness (QED) is 0.779. The number of carbonyl (C=O) groups excluding carboxylic acids is 1. The molecule has 106 valence electrons. The van der Waals surface area contributed by atoms with E-state index in [4.69, 9.17) is 9.26 Å². The van der Waals surface area contributed by atoms with Crippen molar-refractivity contribution in [1.29, 1.82) is 0 Å². The molecule has 0 aromatic carbocycles. The van der Waals surface area contributed by atoms with E-state index in [9.17, 15) is 9.59 Å². The molecule has 2 heterocycles. The van der Waals surface area contributed by atoms with Crippen LogP contribution < -0.4 is 5.56 Å². The summed E-state index contributed by atoms with van der Waals surface area (Å²) in [7, 11) is 1.49. The van der Waals surface area contributed by atoms with Gasteiger partial charge < -0.3 is 9.26 Å². The second-order valence-electron chi connectivity index (χ2n) is 4.52. The first-order valence-corrected chi connectivity index (χ1v) is 6.04. The Labute approximate surface area is 115 Å². The van der Waals surface area contributed by atoms with Crippen LogP contribution in [0.1, 0.15) is 33.1 Å². The molecule has 0 spiro atoms. The summed E-state index contributed by atoms with van der Waals surface area (Å²) in [5.41, 5.74) is 1.34. The molecule has 0 saturated carbocycles. The number of carbonyl (C=O) groups is 1. The predicted molar refractivity (Wildman–Crippen MR) is 69.3 cm³/mol. The van der Waals surface area contributed by atoms with E-state index in [1.54, 1.807) is 26.8 Å². The summed E-state index contributed by atoms with van der Waals surface area (Å²) >= 11 is 0. The minimum absolute atomic E-state index is 0.00348. The van der Waals surface area contributed by atoms with Crippen LogP contribution in [0.4, 0.5) is 0 Å². The number of hydrogen-bond acceptors (Lipinski definition) is 6. The maximum absolute atomic E-state index is 12.0. The highest BCUT2D eigenvalue weighted by molar-refractivity contribution is 5.90. The van der Waals surface area contributed by atoms with Crippen molar-refractivity contribution < 1.29 is 14.1 Å². The molecule has 2 rings (SSSR count). The topological polar surface area (TPSA) is 87.2 Å². The lowest BCUT2D eigenvalue weighted by Gasteiger charge is -2.08. The fourth-order valence-corrected chi connectivity index (χ4v) is 1.78. The standard InChI is InChI=1S/C13H15N3O4/c1-7-5-10(20-15-7)6-19-13(18)11-8(2)9(3)14-16(4)12(11)17/h5H,6H2,1-4H3. The Morgan fingerprint density at radius 1 is 1.40 bits per heavy atom. The van der Waals surface area contributed by atoms with E-state index >= 15 is 0 Å². The first-order valence-electron chi connectivity index (χ1n) is 6.04. The average Bonchev–Trinajstić information content (AvgIpc) is 2.80. The van der Waals surface area contributed by atoms with Crippen LogP contribution in [0.3, 0.4) is 0 Å². The zero-order chi connectivity index (χ0) is 14.9. The molecule has 0 unspecified atom stereocenters. The van der Waals surface area contributed by atoms with Gasteiger partial charge in [-0.2, -0.15) is 5.10 Å². The van der Waals surface area contributed by atoms with Crippen molar-refractivity contribution in [3.63, 3.8) is 0 Å². The molecule has 0 fully saturated rings. The highest BCUT2D eigenvalue weighted by Crippen LogP contribution is 2.10. The Kier molecular flexibility index (Phi) is 3.69. The van der Waals surface area contributed by atoms with Crippen LogP contribution in [0.25, 0.3) is 0 Å². The number of esters is 1. The van der Waals surface area contributed by atoms with Crippen molar-refractivity contribution in [1.82, 2.24) is 14.9 Å². The largest absolute Gasteiger partial charge is 0.454 e. The summed E-state index contributed by atoms with van der Waals surface area (Å²) in [6.07, 6.45) is 0. The van der Waals surface area contributed by atoms with Gasteiger partial charge in [-0.25, -0.2) is 9.48 Å². The number of rotatable bonds is 3. The van der Waals surface area contributed by atoms with Crippen LogP contribution in [0.2, 0.25) is 0 Å². The first-order chi connectivity index (χ1) is 9.40. The van der Waals surface area contributed by atoms with Crippen molar-refractivity contribution in [2.75, 3.05) is 0 Å². The molecule has 0 aliphatic carbocycles. The molecule has 0 bridgehead atoms. The van der Waals surface area contributed by atoms with Gasteiger partial charge in [-0.15, -0.1) is 0 Å². The third-order valence-corrected chi connectivity index (χ3v) is 2.95. The molecule has 0 amide bonds. The summed E-state index contributed by atoms with van der Waals surface area (Å²) in [5, 5.41) is 7.69. The van der Waals surface area contributed by atoms with Crippen LogP contribution in [0, 0.1) is 20.8 Å². The predicted octanol–water partition coefficient (Wildman–Crippen LogP) is 1.05. The average molecular weight is 277 g/mol. The molecule has 2 aromatic heterocycles. The number of aryl methyl sites for hydroxylation is 3. The molecular formula is C13H15N3O4. The van der Waals surface area contributed by atoms with Crippen molar-refractivity contribution in [2.24, 2.45) is 7.05 Å². The first kappa shape index (κ1) is 14.0. The molecule has 0 aliphatic rings. The number of aromatic nitrogens is 3. The molecule has 0 N–H and O–H groups in total. The van der Waals surface area contributed by atoms with Gasteiger partial charge in [0, 0.05) is 13.1 Å². The lowest BCUT2D eigenvalue weighted by atomic mass is 10.1. The molecule has 0 saturated heterocycles. The molecule has 20 heavy (non-hydrogen) atoms. The van der Waals surface area contributed by atoms with E-state index in [0.29, 0.717) is 22.7 Å². The fourth-order valence-electron chi connectivity index (χ4n) is 1.78. The van der Waals surface area contributed by atoms with E-state index in [1.807, 2.05) is 0 Å². The monoisotopic (exact) mass is 277 g/mol. The van der Waals surface area contributed by atoms with Gasteiger partial charge in [0.25, 0.3) is 5.56 Å². The Balaban J connectivity index is 2.24. The molecule has 0 radical (unpaired) electrons.